The Labute approximate surface area is 201 Å². The molecule has 1 N–H and O–H groups in total. The first-order chi connectivity index (χ1) is 16.3. The fourth-order valence-electron chi connectivity index (χ4n) is 3.41. The molecule has 0 unspecified atom stereocenters. The number of nitrogens with zero attached hydrogens (tertiary/aromatic N) is 1. The third kappa shape index (κ3) is 6.29. The molecule has 0 saturated carbocycles. The van der Waals surface area contributed by atoms with Crippen LogP contribution in [0.1, 0.15) is 25.3 Å². The predicted molar refractivity (Wildman–Crippen MR) is 133 cm³/mol. The van der Waals surface area contributed by atoms with Crippen molar-refractivity contribution >= 4 is 21.6 Å². The van der Waals surface area contributed by atoms with Gasteiger partial charge in [0.15, 0.2) is 0 Å². The third-order valence-corrected chi connectivity index (χ3v) is 6.99. The van der Waals surface area contributed by atoms with Gasteiger partial charge in [-0.2, -0.15) is 0 Å². The highest BCUT2D eigenvalue weighted by Crippen LogP contribution is 2.26. The van der Waals surface area contributed by atoms with Gasteiger partial charge in [-0.1, -0.05) is 50.2 Å². The number of anilines is 1. The van der Waals surface area contributed by atoms with Crippen LogP contribution >= 0.6 is 0 Å². The molecule has 0 aromatic heterocycles. The third-order valence-electron chi connectivity index (χ3n) is 5.20. The van der Waals surface area contributed by atoms with E-state index in [0.717, 1.165) is 15.6 Å². The molecule has 7 nitrogen and oxygen atoms in total. The van der Waals surface area contributed by atoms with Gasteiger partial charge in [-0.05, 0) is 53.9 Å². The number of amides is 1. The average Bonchev–Trinajstić information content (AvgIpc) is 2.85. The maximum absolute atomic E-state index is 13.4. The van der Waals surface area contributed by atoms with Crippen molar-refractivity contribution in [1.82, 2.24) is 5.32 Å². The molecule has 0 spiro atoms. The second-order valence-corrected chi connectivity index (χ2v) is 9.78. The SMILES string of the molecule is COc1ccc(S(=O)(=O)N(CC(=O)NCCOc2ccccc2C(C)C)c2ccccc2)cc1. The Morgan fingerprint density at radius 3 is 2.24 bits per heavy atom. The Bertz CT molecular complexity index is 1180. The predicted octanol–water partition coefficient (Wildman–Crippen LogP) is 4.21. The van der Waals surface area contributed by atoms with E-state index in [-0.39, 0.29) is 24.6 Å². The summed E-state index contributed by atoms with van der Waals surface area (Å²) in [4.78, 5) is 12.8. The van der Waals surface area contributed by atoms with Crippen LogP contribution in [-0.2, 0) is 14.8 Å². The lowest BCUT2D eigenvalue weighted by atomic mass is 10.0. The fraction of sp³-hybridized carbons (Fsp3) is 0.269. The Hall–Kier alpha value is -3.52. The van der Waals surface area contributed by atoms with Gasteiger partial charge in [0.2, 0.25) is 5.91 Å². The van der Waals surface area contributed by atoms with Crippen LogP contribution < -0.4 is 19.1 Å². The maximum Gasteiger partial charge on any atom is 0.264 e. The van der Waals surface area contributed by atoms with E-state index in [9.17, 15) is 13.2 Å². The molecule has 0 aliphatic heterocycles. The van der Waals surface area contributed by atoms with Crippen LogP contribution in [-0.4, -0.2) is 41.1 Å². The van der Waals surface area contributed by atoms with Gasteiger partial charge in [-0.3, -0.25) is 9.10 Å². The van der Waals surface area contributed by atoms with Crippen molar-refractivity contribution in [1.29, 1.82) is 0 Å². The highest BCUT2D eigenvalue weighted by atomic mass is 32.2. The number of nitrogens with one attached hydrogen (secondary N) is 1. The summed E-state index contributed by atoms with van der Waals surface area (Å²) in [7, 11) is -2.47. The number of hydrogen-bond donors (Lipinski definition) is 1. The summed E-state index contributed by atoms with van der Waals surface area (Å²) < 4.78 is 38.8. The monoisotopic (exact) mass is 482 g/mol. The highest BCUT2D eigenvalue weighted by Gasteiger charge is 2.27. The van der Waals surface area contributed by atoms with Crippen molar-refractivity contribution in [2.75, 3.05) is 31.1 Å². The van der Waals surface area contributed by atoms with E-state index in [1.807, 2.05) is 24.3 Å². The van der Waals surface area contributed by atoms with Crippen LogP contribution in [0.25, 0.3) is 0 Å². The first-order valence-corrected chi connectivity index (χ1v) is 12.5. The van der Waals surface area contributed by atoms with Crippen LogP contribution in [0.3, 0.4) is 0 Å². The molecule has 0 radical (unpaired) electrons. The molecule has 0 atom stereocenters. The van der Waals surface area contributed by atoms with Gasteiger partial charge in [0.1, 0.15) is 24.7 Å². The Morgan fingerprint density at radius 1 is 0.941 bits per heavy atom. The van der Waals surface area contributed by atoms with Crippen molar-refractivity contribution in [3.8, 4) is 11.5 Å². The number of hydrogen-bond acceptors (Lipinski definition) is 5. The lowest BCUT2D eigenvalue weighted by molar-refractivity contribution is -0.119. The molecule has 3 aromatic carbocycles. The summed E-state index contributed by atoms with van der Waals surface area (Å²) in [5.41, 5.74) is 1.49. The molecule has 8 heteroatoms. The number of benzene rings is 3. The normalized spacial score (nSPS) is 11.2. The van der Waals surface area contributed by atoms with E-state index < -0.39 is 15.9 Å². The molecule has 0 bridgehead atoms. The Balaban J connectivity index is 1.68. The lowest BCUT2D eigenvalue weighted by Gasteiger charge is -2.24. The van der Waals surface area contributed by atoms with Gasteiger partial charge in [-0.15, -0.1) is 0 Å². The van der Waals surface area contributed by atoms with Crippen LogP contribution in [0.15, 0.2) is 83.8 Å². The summed E-state index contributed by atoms with van der Waals surface area (Å²) in [6.45, 7) is 4.33. The van der Waals surface area contributed by atoms with Crippen LogP contribution in [0.4, 0.5) is 5.69 Å². The number of carbonyl (C=O) groups excluding carboxylic acids is 1. The van der Waals surface area contributed by atoms with Gasteiger partial charge in [0, 0.05) is 0 Å². The van der Waals surface area contributed by atoms with Gasteiger partial charge >= 0.3 is 0 Å². The maximum atomic E-state index is 13.4. The number of carbonyl (C=O) groups is 1. The minimum Gasteiger partial charge on any atom is -0.497 e. The summed E-state index contributed by atoms with van der Waals surface area (Å²) in [6.07, 6.45) is 0. The summed E-state index contributed by atoms with van der Waals surface area (Å²) in [5.74, 6) is 1.21. The zero-order valence-corrected chi connectivity index (χ0v) is 20.4. The van der Waals surface area contributed by atoms with Crippen molar-refractivity contribution in [3.05, 3.63) is 84.4 Å². The smallest absolute Gasteiger partial charge is 0.264 e. The van der Waals surface area contributed by atoms with Gasteiger partial charge < -0.3 is 14.8 Å². The molecule has 1 amide bonds. The second kappa shape index (κ2) is 11.6. The molecular formula is C26H30N2O5S. The molecule has 0 aliphatic carbocycles. The topological polar surface area (TPSA) is 84.9 Å². The van der Waals surface area contributed by atoms with Crippen molar-refractivity contribution in [3.63, 3.8) is 0 Å². The quantitative estimate of drug-likeness (QED) is 0.414. The van der Waals surface area contributed by atoms with E-state index in [4.69, 9.17) is 9.47 Å². The largest absolute Gasteiger partial charge is 0.497 e. The van der Waals surface area contributed by atoms with E-state index in [1.165, 1.54) is 19.2 Å². The molecule has 0 saturated heterocycles. The summed E-state index contributed by atoms with van der Waals surface area (Å²) in [6, 6.07) is 22.4. The Morgan fingerprint density at radius 2 is 1.59 bits per heavy atom. The highest BCUT2D eigenvalue weighted by molar-refractivity contribution is 7.92. The van der Waals surface area contributed by atoms with Gasteiger partial charge in [0.05, 0.1) is 24.2 Å². The first kappa shape index (κ1) is 25.1. The standard InChI is InChI=1S/C26H30N2O5S/c1-20(2)24-11-7-8-12-25(24)33-18-17-27-26(29)19-28(21-9-5-4-6-10-21)34(30,31)23-15-13-22(32-3)14-16-23/h4-16,20H,17-19H2,1-3H3,(H,27,29). The van der Waals surface area contributed by atoms with Crippen molar-refractivity contribution < 1.29 is 22.7 Å². The van der Waals surface area contributed by atoms with Crippen molar-refractivity contribution in [2.24, 2.45) is 0 Å². The molecule has 34 heavy (non-hydrogen) atoms. The lowest BCUT2D eigenvalue weighted by Crippen LogP contribution is -2.41. The van der Waals surface area contributed by atoms with Crippen LogP contribution in [0.2, 0.25) is 0 Å². The van der Waals surface area contributed by atoms with Crippen LogP contribution in [0.5, 0.6) is 11.5 Å². The van der Waals surface area contributed by atoms with E-state index >= 15 is 0 Å². The summed E-state index contributed by atoms with van der Waals surface area (Å²) >= 11 is 0. The molecule has 180 valence electrons. The first-order valence-electron chi connectivity index (χ1n) is 11.0. The number of rotatable bonds is 11. The molecule has 0 heterocycles. The van der Waals surface area contributed by atoms with Gasteiger partial charge in [0.25, 0.3) is 10.0 Å². The molecule has 3 rings (SSSR count). The Kier molecular flexibility index (Phi) is 8.54. The van der Waals surface area contributed by atoms with Crippen LogP contribution in [0, 0.1) is 0 Å². The summed E-state index contributed by atoms with van der Waals surface area (Å²) in [5, 5.41) is 2.75. The number of sulfonamides is 1. The minimum absolute atomic E-state index is 0.0681. The zero-order chi connectivity index (χ0) is 24.6. The molecule has 3 aromatic rings. The molecule has 0 aliphatic rings. The van der Waals surface area contributed by atoms with E-state index in [2.05, 4.69) is 19.2 Å². The van der Waals surface area contributed by atoms with Gasteiger partial charge in [-0.25, -0.2) is 8.42 Å². The van der Waals surface area contributed by atoms with Crippen molar-refractivity contribution in [2.45, 2.75) is 24.7 Å². The number of para-hydroxylation sites is 2. The average molecular weight is 483 g/mol. The van der Waals surface area contributed by atoms with E-state index in [0.29, 0.717) is 17.4 Å². The van der Waals surface area contributed by atoms with E-state index in [1.54, 1.807) is 42.5 Å². The zero-order valence-electron chi connectivity index (χ0n) is 19.6. The molecular weight excluding hydrogens is 452 g/mol. The minimum atomic E-state index is -3.98. The molecule has 0 fully saturated rings. The second-order valence-electron chi connectivity index (χ2n) is 7.91. The number of methoxy groups -OCH3 is 1. The fourth-order valence-corrected chi connectivity index (χ4v) is 4.83. The number of ether oxygens (including phenoxy) is 2.